The van der Waals surface area contributed by atoms with Gasteiger partial charge in [-0.25, -0.2) is 8.42 Å². The van der Waals surface area contributed by atoms with Crippen molar-refractivity contribution in [1.82, 2.24) is 5.32 Å². The topological polar surface area (TPSA) is 83.6 Å². The highest BCUT2D eigenvalue weighted by molar-refractivity contribution is 7.91. The average molecular weight is 350 g/mol. The van der Waals surface area contributed by atoms with Crippen molar-refractivity contribution in [3.05, 3.63) is 29.8 Å². The lowest BCUT2D eigenvalue weighted by Crippen LogP contribution is -2.26. The number of nitrogens with zero attached hydrogens (tertiary/aromatic N) is 1. The molecule has 0 radical (unpaired) electrons. The summed E-state index contributed by atoms with van der Waals surface area (Å²) in [5.41, 5.74) is 1.85. The molecule has 1 aromatic carbocycles. The molecule has 2 heterocycles. The second-order valence-corrected chi connectivity index (χ2v) is 8.79. The number of hydrogen-bond acceptors (Lipinski definition) is 4. The van der Waals surface area contributed by atoms with E-state index in [-0.39, 0.29) is 35.7 Å². The average Bonchev–Trinajstić information content (AvgIpc) is 3.11. The molecule has 0 unspecified atom stereocenters. The summed E-state index contributed by atoms with van der Waals surface area (Å²) in [5.74, 6) is 0.303. The van der Waals surface area contributed by atoms with E-state index in [4.69, 9.17) is 0 Å². The van der Waals surface area contributed by atoms with E-state index < -0.39 is 9.84 Å². The number of benzene rings is 1. The van der Waals surface area contributed by atoms with Crippen molar-refractivity contribution in [2.75, 3.05) is 23.0 Å². The molecule has 7 heteroatoms. The van der Waals surface area contributed by atoms with E-state index in [1.165, 1.54) is 0 Å². The molecule has 1 atom stereocenters. The van der Waals surface area contributed by atoms with Crippen molar-refractivity contribution in [3.8, 4) is 0 Å². The van der Waals surface area contributed by atoms with Crippen LogP contribution in [0.4, 0.5) is 5.69 Å². The molecule has 2 saturated heterocycles. The summed E-state index contributed by atoms with van der Waals surface area (Å²) in [4.78, 5) is 25.4. The second kappa shape index (κ2) is 6.93. The van der Waals surface area contributed by atoms with Crippen LogP contribution in [-0.4, -0.2) is 38.3 Å². The summed E-state index contributed by atoms with van der Waals surface area (Å²) in [5, 5.41) is 2.84. The third-order valence-electron chi connectivity index (χ3n) is 4.61. The number of anilines is 1. The molecule has 3 rings (SSSR count). The van der Waals surface area contributed by atoms with Gasteiger partial charge in [0.25, 0.3) is 0 Å². The first-order chi connectivity index (χ1) is 11.4. The molecule has 130 valence electrons. The van der Waals surface area contributed by atoms with Crippen molar-refractivity contribution in [3.63, 3.8) is 0 Å². The number of carbonyl (C=O) groups is 2. The Labute approximate surface area is 142 Å². The molecule has 1 aromatic rings. The first-order valence-corrected chi connectivity index (χ1v) is 10.1. The molecule has 2 amide bonds. The van der Waals surface area contributed by atoms with Crippen LogP contribution in [0.25, 0.3) is 0 Å². The number of sulfone groups is 1. The minimum absolute atomic E-state index is 0.0569. The van der Waals surface area contributed by atoms with Crippen molar-refractivity contribution >= 4 is 27.3 Å². The van der Waals surface area contributed by atoms with E-state index in [0.29, 0.717) is 19.4 Å². The minimum Gasteiger partial charge on any atom is -0.352 e. The van der Waals surface area contributed by atoms with Gasteiger partial charge < -0.3 is 10.2 Å². The summed E-state index contributed by atoms with van der Waals surface area (Å²) < 4.78 is 22.8. The monoisotopic (exact) mass is 350 g/mol. The Hall–Kier alpha value is -1.89. The van der Waals surface area contributed by atoms with Crippen molar-refractivity contribution in [2.24, 2.45) is 5.92 Å². The van der Waals surface area contributed by atoms with E-state index in [1.54, 1.807) is 4.90 Å². The lowest BCUT2D eigenvalue weighted by Gasteiger charge is -2.16. The summed E-state index contributed by atoms with van der Waals surface area (Å²) in [6.45, 7) is 1.17. The normalized spacial score (nSPS) is 22.8. The van der Waals surface area contributed by atoms with Crippen molar-refractivity contribution in [2.45, 2.75) is 32.2 Å². The highest BCUT2D eigenvalue weighted by Gasteiger charge is 2.29. The highest BCUT2D eigenvalue weighted by atomic mass is 32.2. The van der Waals surface area contributed by atoms with Crippen molar-refractivity contribution in [1.29, 1.82) is 0 Å². The standard InChI is InChI=1S/C17H22N2O4S/c20-16(10-14-7-9-24(22,23)12-14)18-11-13-3-5-15(6-4-13)19-8-1-2-17(19)21/h3-6,14H,1-2,7-12H2,(H,18,20)/t14-/m0/s1. The largest absolute Gasteiger partial charge is 0.352 e. The number of nitrogens with one attached hydrogen (secondary N) is 1. The third-order valence-corrected chi connectivity index (χ3v) is 6.45. The van der Waals surface area contributed by atoms with Gasteiger partial charge in [-0.3, -0.25) is 9.59 Å². The Bertz CT molecular complexity index is 727. The van der Waals surface area contributed by atoms with Crippen LogP contribution in [0.3, 0.4) is 0 Å². The molecule has 0 spiro atoms. The molecule has 0 saturated carbocycles. The quantitative estimate of drug-likeness (QED) is 0.866. The molecule has 1 N–H and O–H groups in total. The Kier molecular flexibility index (Phi) is 4.89. The number of carbonyl (C=O) groups excluding carboxylic acids is 2. The Morgan fingerprint density at radius 3 is 2.58 bits per heavy atom. The first-order valence-electron chi connectivity index (χ1n) is 8.29. The fraction of sp³-hybridized carbons (Fsp3) is 0.529. The molecular weight excluding hydrogens is 328 g/mol. The SMILES string of the molecule is O=C(C[C@@H]1CCS(=O)(=O)C1)NCc1ccc(N2CCCC2=O)cc1. The Morgan fingerprint density at radius 1 is 1.25 bits per heavy atom. The lowest BCUT2D eigenvalue weighted by atomic mass is 10.0. The van der Waals surface area contributed by atoms with Gasteiger partial charge in [0.05, 0.1) is 11.5 Å². The summed E-state index contributed by atoms with van der Waals surface area (Å²) in [7, 11) is -2.94. The molecule has 0 aromatic heterocycles. The molecule has 0 bridgehead atoms. The highest BCUT2D eigenvalue weighted by Crippen LogP contribution is 2.22. The molecule has 2 fully saturated rings. The van der Waals surface area contributed by atoms with Crippen LogP contribution in [0.15, 0.2) is 24.3 Å². The first kappa shape index (κ1) is 17.0. The van der Waals surface area contributed by atoms with Gasteiger partial charge in [-0.05, 0) is 36.5 Å². The van der Waals surface area contributed by atoms with Crippen LogP contribution in [0.1, 0.15) is 31.2 Å². The van der Waals surface area contributed by atoms with Crippen molar-refractivity contribution < 1.29 is 18.0 Å². The van der Waals surface area contributed by atoms with Gasteiger partial charge in [0.1, 0.15) is 0 Å². The second-order valence-electron chi connectivity index (χ2n) is 6.57. The van der Waals surface area contributed by atoms with Crippen LogP contribution >= 0.6 is 0 Å². The van der Waals surface area contributed by atoms with E-state index in [2.05, 4.69) is 5.32 Å². The predicted molar refractivity (Wildman–Crippen MR) is 91.3 cm³/mol. The molecule has 24 heavy (non-hydrogen) atoms. The maximum atomic E-state index is 11.9. The van der Waals surface area contributed by atoms with Crippen LogP contribution in [0, 0.1) is 5.92 Å². The summed E-state index contributed by atoms with van der Waals surface area (Å²) in [6, 6.07) is 7.60. The lowest BCUT2D eigenvalue weighted by molar-refractivity contribution is -0.122. The molecule has 2 aliphatic heterocycles. The molecule has 2 aliphatic rings. The third kappa shape index (κ3) is 4.14. The predicted octanol–water partition coefficient (Wildman–Crippen LogP) is 1.25. The van der Waals surface area contributed by atoms with E-state index >= 15 is 0 Å². The van der Waals surface area contributed by atoms with Gasteiger partial charge in [-0.1, -0.05) is 12.1 Å². The van der Waals surface area contributed by atoms with E-state index in [0.717, 1.165) is 24.2 Å². The van der Waals surface area contributed by atoms with Gasteiger partial charge in [0.15, 0.2) is 9.84 Å². The van der Waals surface area contributed by atoms with Crippen LogP contribution < -0.4 is 10.2 Å². The number of rotatable bonds is 5. The molecule has 0 aliphatic carbocycles. The molecular formula is C17H22N2O4S. The van der Waals surface area contributed by atoms with Gasteiger partial charge in [0, 0.05) is 31.6 Å². The van der Waals surface area contributed by atoms with E-state index in [9.17, 15) is 18.0 Å². The molecule has 6 nitrogen and oxygen atoms in total. The fourth-order valence-corrected chi connectivity index (χ4v) is 5.14. The zero-order valence-corrected chi connectivity index (χ0v) is 14.3. The van der Waals surface area contributed by atoms with Crippen LogP contribution in [-0.2, 0) is 26.0 Å². The summed E-state index contributed by atoms with van der Waals surface area (Å²) >= 11 is 0. The Balaban J connectivity index is 1.48. The van der Waals surface area contributed by atoms with Gasteiger partial charge >= 0.3 is 0 Å². The fourth-order valence-electron chi connectivity index (χ4n) is 3.28. The number of amides is 2. The van der Waals surface area contributed by atoms with Gasteiger partial charge in [-0.2, -0.15) is 0 Å². The smallest absolute Gasteiger partial charge is 0.227 e. The Morgan fingerprint density at radius 2 is 2.00 bits per heavy atom. The van der Waals surface area contributed by atoms with Gasteiger partial charge in [0.2, 0.25) is 11.8 Å². The zero-order valence-electron chi connectivity index (χ0n) is 13.5. The maximum absolute atomic E-state index is 11.9. The van der Waals surface area contributed by atoms with Gasteiger partial charge in [-0.15, -0.1) is 0 Å². The number of hydrogen-bond donors (Lipinski definition) is 1. The van der Waals surface area contributed by atoms with Crippen LogP contribution in [0.5, 0.6) is 0 Å². The summed E-state index contributed by atoms with van der Waals surface area (Å²) in [6.07, 6.45) is 2.34. The zero-order chi connectivity index (χ0) is 17.2. The van der Waals surface area contributed by atoms with Crippen LogP contribution in [0.2, 0.25) is 0 Å². The minimum atomic E-state index is -2.94. The maximum Gasteiger partial charge on any atom is 0.227 e. The van der Waals surface area contributed by atoms with E-state index in [1.807, 2.05) is 24.3 Å².